The molecule has 1 heterocycles. The summed E-state index contributed by atoms with van der Waals surface area (Å²) in [4.78, 5) is -0.447. The minimum Gasteiger partial charge on any atom is -0.320 e. The predicted molar refractivity (Wildman–Crippen MR) is 76.4 cm³/mol. The van der Waals surface area contributed by atoms with Crippen molar-refractivity contribution >= 4 is 10.0 Å². The number of halogens is 2. The monoisotopic (exact) mass is 318 g/mol. The van der Waals surface area contributed by atoms with Crippen molar-refractivity contribution < 1.29 is 17.2 Å². The second-order valence-electron chi connectivity index (χ2n) is 5.31. The number of sulfonamides is 1. The fraction of sp³-hybridized carbons (Fsp3) is 0.571. The minimum atomic E-state index is -3.88. The Kier molecular flexibility index (Phi) is 5.29. The third kappa shape index (κ3) is 3.78. The Morgan fingerprint density at radius 3 is 2.52 bits per heavy atom. The molecule has 4 nitrogen and oxygen atoms in total. The minimum absolute atomic E-state index is 0.382. The highest BCUT2D eigenvalue weighted by atomic mass is 32.2. The second-order valence-corrected chi connectivity index (χ2v) is 7.22. The third-order valence-electron chi connectivity index (χ3n) is 3.89. The average molecular weight is 318 g/mol. The fourth-order valence-corrected chi connectivity index (χ4v) is 4.13. The first-order valence-corrected chi connectivity index (χ1v) is 8.49. The van der Waals surface area contributed by atoms with E-state index in [1.54, 1.807) is 0 Å². The van der Waals surface area contributed by atoms with Gasteiger partial charge in [-0.05, 0) is 50.9 Å². The molecule has 0 spiro atoms. The molecule has 0 bridgehead atoms. The number of benzene rings is 1. The average Bonchev–Trinajstić information content (AvgIpc) is 2.45. The molecule has 0 radical (unpaired) electrons. The van der Waals surface area contributed by atoms with E-state index in [9.17, 15) is 17.2 Å². The van der Waals surface area contributed by atoms with E-state index in [4.69, 9.17) is 0 Å². The summed E-state index contributed by atoms with van der Waals surface area (Å²) in [6, 6.07) is 2.56. The molecule has 0 aliphatic carbocycles. The molecule has 21 heavy (non-hydrogen) atoms. The molecule has 118 valence electrons. The summed E-state index contributed by atoms with van der Waals surface area (Å²) in [7, 11) is -1.99. The smallest absolute Gasteiger partial charge is 0.245 e. The van der Waals surface area contributed by atoms with E-state index in [2.05, 4.69) is 5.32 Å². The molecule has 1 saturated heterocycles. The van der Waals surface area contributed by atoms with E-state index < -0.39 is 26.6 Å². The van der Waals surface area contributed by atoms with Crippen LogP contribution in [0, 0.1) is 17.6 Å². The van der Waals surface area contributed by atoms with Crippen LogP contribution in [0.1, 0.15) is 19.3 Å². The Hall–Kier alpha value is -1.05. The maximum atomic E-state index is 13.7. The van der Waals surface area contributed by atoms with E-state index in [0.717, 1.165) is 37.9 Å². The Bertz CT molecular complexity index is 585. The summed E-state index contributed by atoms with van der Waals surface area (Å²) in [6.45, 7) is 1.67. The molecule has 1 aliphatic heterocycles. The summed E-state index contributed by atoms with van der Waals surface area (Å²) >= 11 is 0. The van der Waals surface area contributed by atoms with Crippen molar-refractivity contribution in [2.45, 2.75) is 24.2 Å². The predicted octanol–water partition coefficient (Wildman–Crippen LogP) is 1.98. The van der Waals surface area contributed by atoms with Crippen LogP contribution in [0.5, 0.6) is 0 Å². The quantitative estimate of drug-likeness (QED) is 0.903. The summed E-state index contributed by atoms with van der Waals surface area (Å²) in [6.07, 6.45) is 2.54. The highest BCUT2D eigenvalue weighted by molar-refractivity contribution is 7.89. The van der Waals surface area contributed by atoms with Crippen LogP contribution in [0.4, 0.5) is 8.78 Å². The molecule has 1 aliphatic rings. The Morgan fingerprint density at radius 2 is 1.95 bits per heavy atom. The van der Waals surface area contributed by atoms with Crippen molar-refractivity contribution in [2.24, 2.45) is 5.92 Å². The van der Waals surface area contributed by atoms with Crippen molar-refractivity contribution in [3.63, 3.8) is 0 Å². The largest absolute Gasteiger partial charge is 0.320 e. The molecule has 1 aromatic rings. The number of hydrogen-bond acceptors (Lipinski definition) is 3. The summed E-state index contributed by atoms with van der Waals surface area (Å²) in [5, 5.41) is 3.08. The first-order valence-electron chi connectivity index (χ1n) is 7.05. The molecule has 0 saturated carbocycles. The first kappa shape index (κ1) is 16.3. The van der Waals surface area contributed by atoms with Crippen LogP contribution in [-0.4, -0.2) is 39.4 Å². The highest BCUT2D eigenvalue weighted by Gasteiger charge is 2.31. The summed E-state index contributed by atoms with van der Waals surface area (Å²) in [5.74, 6) is -1.33. The zero-order valence-corrected chi connectivity index (χ0v) is 12.8. The lowest BCUT2D eigenvalue weighted by molar-refractivity contribution is 0.262. The van der Waals surface area contributed by atoms with Gasteiger partial charge in [0.1, 0.15) is 16.5 Å². The SMILES string of the molecule is CNCCC1CCN(S(=O)(=O)c2ccc(F)cc2F)CC1. The van der Waals surface area contributed by atoms with Gasteiger partial charge in [-0.3, -0.25) is 0 Å². The zero-order valence-electron chi connectivity index (χ0n) is 12.0. The second kappa shape index (κ2) is 6.81. The fourth-order valence-electron chi connectivity index (χ4n) is 2.61. The van der Waals surface area contributed by atoms with Gasteiger partial charge in [0, 0.05) is 19.2 Å². The molecule has 1 fully saturated rings. The molecule has 0 aromatic heterocycles. The molecule has 2 rings (SSSR count). The van der Waals surface area contributed by atoms with Crippen LogP contribution in [0.2, 0.25) is 0 Å². The van der Waals surface area contributed by atoms with Crippen molar-refractivity contribution in [1.29, 1.82) is 0 Å². The summed E-state index contributed by atoms with van der Waals surface area (Å²) in [5.41, 5.74) is 0. The molecule has 1 aromatic carbocycles. The molecule has 1 N–H and O–H groups in total. The topological polar surface area (TPSA) is 49.4 Å². The molecule has 0 unspecified atom stereocenters. The zero-order chi connectivity index (χ0) is 15.5. The van der Waals surface area contributed by atoms with Gasteiger partial charge in [0.05, 0.1) is 0 Å². The van der Waals surface area contributed by atoms with E-state index in [1.165, 1.54) is 4.31 Å². The van der Waals surface area contributed by atoms with E-state index in [1.807, 2.05) is 7.05 Å². The molecule has 0 amide bonds. The molecule has 7 heteroatoms. The van der Waals surface area contributed by atoms with Crippen LogP contribution in [0.15, 0.2) is 23.1 Å². The van der Waals surface area contributed by atoms with Crippen molar-refractivity contribution in [3.05, 3.63) is 29.8 Å². The van der Waals surface area contributed by atoms with Crippen molar-refractivity contribution in [3.8, 4) is 0 Å². The lowest BCUT2D eigenvalue weighted by Gasteiger charge is -2.31. The first-order chi connectivity index (χ1) is 9.95. The van der Waals surface area contributed by atoms with E-state index in [0.29, 0.717) is 25.1 Å². The Morgan fingerprint density at radius 1 is 1.29 bits per heavy atom. The van der Waals surface area contributed by atoms with Gasteiger partial charge in [0.25, 0.3) is 0 Å². The van der Waals surface area contributed by atoms with Crippen LogP contribution in [-0.2, 0) is 10.0 Å². The Labute approximate surface area is 124 Å². The van der Waals surface area contributed by atoms with Gasteiger partial charge in [-0.25, -0.2) is 17.2 Å². The lowest BCUT2D eigenvalue weighted by atomic mass is 9.95. The highest BCUT2D eigenvalue weighted by Crippen LogP contribution is 2.26. The number of piperidine rings is 1. The maximum absolute atomic E-state index is 13.7. The molecular weight excluding hydrogens is 298 g/mol. The van der Waals surface area contributed by atoms with Crippen molar-refractivity contribution in [1.82, 2.24) is 9.62 Å². The normalized spacial score (nSPS) is 18.0. The molecular formula is C14H20F2N2O2S. The van der Waals surface area contributed by atoms with Gasteiger partial charge in [-0.2, -0.15) is 4.31 Å². The van der Waals surface area contributed by atoms with Crippen molar-refractivity contribution in [2.75, 3.05) is 26.7 Å². The van der Waals surface area contributed by atoms with Gasteiger partial charge >= 0.3 is 0 Å². The molecule has 0 atom stereocenters. The Balaban J connectivity index is 2.08. The van der Waals surface area contributed by atoms with Gasteiger partial charge in [0.2, 0.25) is 10.0 Å². The van der Waals surface area contributed by atoms with Crippen LogP contribution in [0.3, 0.4) is 0 Å². The van der Waals surface area contributed by atoms with Gasteiger partial charge in [-0.1, -0.05) is 0 Å². The number of hydrogen-bond donors (Lipinski definition) is 1. The maximum Gasteiger partial charge on any atom is 0.245 e. The summed E-state index contributed by atoms with van der Waals surface area (Å²) < 4.78 is 52.7. The van der Waals surface area contributed by atoms with Gasteiger partial charge in [0.15, 0.2) is 0 Å². The lowest BCUT2D eigenvalue weighted by Crippen LogP contribution is -2.39. The number of nitrogens with zero attached hydrogens (tertiary/aromatic N) is 1. The third-order valence-corrected chi connectivity index (χ3v) is 5.82. The number of rotatable bonds is 5. The number of nitrogens with one attached hydrogen (secondary N) is 1. The van der Waals surface area contributed by atoms with E-state index in [-0.39, 0.29) is 0 Å². The van der Waals surface area contributed by atoms with Gasteiger partial charge in [-0.15, -0.1) is 0 Å². The van der Waals surface area contributed by atoms with Crippen LogP contribution in [0.25, 0.3) is 0 Å². The van der Waals surface area contributed by atoms with E-state index >= 15 is 0 Å². The van der Waals surface area contributed by atoms with Gasteiger partial charge < -0.3 is 5.32 Å². The van der Waals surface area contributed by atoms with Crippen LogP contribution < -0.4 is 5.32 Å². The standard InChI is InChI=1S/C14H20F2N2O2S/c1-17-7-4-11-5-8-18(9-6-11)21(19,20)14-3-2-12(15)10-13(14)16/h2-3,10-11,17H,4-9H2,1H3. The van der Waals surface area contributed by atoms with Crippen LogP contribution >= 0.6 is 0 Å².